The molecule has 2 bridgehead atoms. The number of hydrogen-bond donors (Lipinski definition) is 0. The molecule has 3 aliphatic rings. The highest BCUT2D eigenvalue weighted by molar-refractivity contribution is 6.30. The number of fused-ring (bicyclic) bond motifs is 3. The van der Waals surface area contributed by atoms with Crippen molar-refractivity contribution in [1.29, 1.82) is 0 Å². The van der Waals surface area contributed by atoms with Gasteiger partial charge in [0.05, 0.1) is 12.1 Å². The molecule has 166 valence electrons. The Hall–Kier alpha value is -2.15. The number of aryl methyl sites for hydroxylation is 1. The van der Waals surface area contributed by atoms with E-state index in [-0.39, 0.29) is 23.3 Å². The van der Waals surface area contributed by atoms with Gasteiger partial charge in [0.1, 0.15) is 11.4 Å². The number of piperazine rings is 1. The van der Waals surface area contributed by atoms with Crippen LogP contribution in [0.3, 0.4) is 0 Å². The molecule has 2 unspecified atom stereocenters. The summed E-state index contributed by atoms with van der Waals surface area (Å²) in [6.07, 6.45) is 5.35. The molecule has 2 saturated heterocycles. The highest BCUT2D eigenvalue weighted by Gasteiger charge is 2.45. The van der Waals surface area contributed by atoms with Gasteiger partial charge in [0, 0.05) is 35.8 Å². The fourth-order valence-corrected chi connectivity index (χ4v) is 5.30. The van der Waals surface area contributed by atoms with Crippen molar-refractivity contribution in [3.63, 3.8) is 0 Å². The third kappa shape index (κ3) is 3.60. The fourth-order valence-electron chi connectivity index (χ4n) is 5.16. The van der Waals surface area contributed by atoms with E-state index in [1.54, 1.807) is 6.20 Å². The molecule has 4 heterocycles. The Morgan fingerprint density at radius 3 is 2.42 bits per heavy atom. The maximum Gasteiger partial charge on any atom is 0.410 e. The lowest BCUT2D eigenvalue weighted by molar-refractivity contribution is 0.0123. The number of halogens is 2. The Morgan fingerprint density at radius 2 is 1.84 bits per heavy atom. The van der Waals surface area contributed by atoms with Gasteiger partial charge in [-0.25, -0.2) is 19.2 Å². The summed E-state index contributed by atoms with van der Waals surface area (Å²) in [6.45, 7) is 8.90. The second-order valence-corrected chi connectivity index (χ2v) is 10.4. The molecule has 31 heavy (non-hydrogen) atoms. The molecule has 3 fully saturated rings. The number of rotatable bonds is 2. The SMILES string of the molecule is Cc1nc(N2CC3CCC(C2)N3C(=O)OC(C)(C)C)c2cnc(Cl)c(F)c2c1C1CC1. The average molecular weight is 447 g/mol. The van der Waals surface area contributed by atoms with Gasteiger partial charge in [-0.1, -0.05) is 11.6 Å². The predicted molar refractivity (Wildman–Crippen MR) is 118 cm³/mol. The molecule has 6 nitrogen and oxygen atoms in total. The van der Waals surface area contributed by atoms with E-state index in [1.165, 1.54) is 0 Å². The molecule has 2 aliphatic heterocycles. The average Bonchev–Trinajstić information content (AvgIpc) is 3.47. The van der Waals surface area contributed by atoms with Gasteiger partial charge in [0.25, 0.3) is 0 Å². The Balaban J connectivity index is 1.51. The number of hydrogen-bond acceptors (Lipinski definition) is 5. The van der Waals surface area contributed by atoms with Gasteiger partial charge in [0.2, 0.25) is 0 Å². The van der Waals surface area contributed by atoms with Crippen molar-refractivity contribution < 1.29 is 13.9 Å². The number of pyridine rings is 2. The maximum absolute atomic E-state index is 15.2. The van der Waals surface area contributed by atoms with Gasteiger partial charge in [-0.05, 0) is 64.9 Å². The first-order valence-corrected chi connectivity index (χ1v) is 11.4. The predicted octanol–water partition coefficient (Wildman–Crippen LogP) is 5.20. The summed E-state index contributed by atoms with van der Waals surface area (Å²) in [5, 5.41) is 1.17. The van der Waals surface area contributed by atoms with Crippen LogP contribution in [0.5, 0.6) is 0 Å². The number of ether oxygens (including phenoxy) is 1. The molecule has 0 N–H and O–H groups in total. The van der Waals surface area contributed by atoms with E-state index in [1.807, 2.05) is 32.6 Å². The van der Waals surface area contributed by atoms with Gasteiger partial charge >= 0.3 is 6.09 Å². The fraction of sp³-hybridized carbons (Fsp3) is 0.609. The van der Waals surface area contributed by atoms with Crippen LogP contribution < -0.4 is 4.90 Å². The molecule has 0 aromatic carbocycles. The molecule has 5 rings (SSSR count). The summed E-state index contributed by atoms with van der Waals surface area (Å²) in [7, 11) is 0. The number of aromatic nitrogens is 2. The Kier molecular flexibility index (Phi) is 4.81. The van der Waals surface area contributed by atoms with Crippen molar-refractivity contribution >= 4 is 34.3 Å². The van der Waals surface area contributed by atoms with E-state index >= 15 is 4.39 Å². The summed E-state index contributed by atoms with van der Waals surface area (Å²) < 4.78 is 20.8. The molecule has 1 aliphatic carbocycles. The van der Waals surface area contributed by atoms with Crippen LogP contribution in [0.15, 0.2) is 6.20 Å². The quantitative estimate of drug-likeness (QED) is 0.593. The largest absolute Gasteiger partial charge is 0.444 e. The molecule has 2 aromatic heterocycles. The Morgan fingerprint density at radius 1 is 1.19 bits per heavy atom. The minimum atomic E-state index is -0.524. The second kappa shape index (κ2) is 7.19. The van der Waals surface area contributed by atoms with Crippen LogP contribution in [0.25, 0.3) is 10.8 Å². The zero-order chi connectivity index (χ0) is 22.1. The third-order valence-corrected chi connectivity index (χ3v) is 6.79. The van der Waals surface area contributed by atoms with Crippen LogP contribution in [0.2, 0.25) is 5.15 Å². The lowest BCUT2D eigenvalue weighted by atomic mass is 10.0. The number of amides is 1. The lowest BCUT2D eigenvalue weighted by Gasteiger charge is -2.42. The smallest absolute Gasteiger partial charge is 0.410 e. The minimum Gasteiger partial charge on any atom is -0.444 e. The summed E-state index contributed by atoms with van der Waals surface area (Å²) in [6, 6.07) is 0.109. The number of carbonyl (C=O) groups is 1. The van der Waals surface area contributed by atoms with Crippen LogP contribution in [0, 0.1) is 12.7 Å². The second-order valence-electron chi connectivity index (χ2n) is 10.0. The molecule has 1 saturated carbocycles. The van der Waals surface area contributed by atoms with Crippen LogP contribution in [-0.2, 0) is 4.74 Å². The Bertz CT molecular complexity index is 1050. The van der Waals surface area contributed by atoms with Crippen molar-refractivity contribution in [3.8, 4) is 0 Å². The van der Waals surface area contributed by atoms with Crippen molar-refractivity contribution in [3.05, 3.63) is 28.4 Å². The number of carbonyl (C=O) groups excluding carboxylic acids is 1. The van der Waals surface area contributed by atoms with E-state index in [0.717, 1.165) is 42.8 Å². The maximum atomic E-state index is 15.2. The highest BCUT2D eigenvalue weighted by atomic mass is 35.5. The first kappa shape index (κ1) is 20.7. The molecule has 2 atom stereocenters. The van der Waals surface area contributed by atoms with Crippen molar-refractivity contribution in [2.24, 2.45) is 0 Å². The third-order valence-electron chi connectivity index (χ3n) is 6.52. The molecule has 0 radical (unpaired) electrons. The van der Waals surface area contributed by atoms with Gasteiger partial charge in [-0.3, -0.25) is 4.90 Å². The van der Waals surface area contributed by atoms with Gasteiger partial charge in [-0.15, -0.1) is 0 Å². The van der Waals surface area contributed by atoms with Crippen molar-refractivity contribution in [1.82, 2.24) is 14.9 Å². The molecule has 0 spiro atoms. The van der Waals surface area contributed by atoms with Gasteiger partial charge in [-0.2, -0.15) is 0 Å². The topological polar surface area (TPSA) is 58.6 Å². The van der Waals surface area contributed by atoms with Crippen LogP contribution >= 0.6 is 11.6 Å². The Labute approximate surface area is 186 Å². The van der Waals surface area contributed by atoms with Crippen LogP contribution in [0.1, 0.15) is 63.6 Å². The first-order valence-electron chi connectivity index (χ1n) is 11.0. The highest BCUT2D eigenvalue weighted by Crippen LogP contribution is 2.47. The van der Waals surface area contributed by atoms with E-state index in [9.17, 15) is 4.79 Å². The normalized spacial score (nSPS) is 23.5. The molecule has 1 amide bonds. The lowest BCUT2D eigenvalue weighted by Crippen LogP contribution is -2.57. The van der Waals surface area contributed by atoms with E-state index in [4.69, 9.17) is 21.3 Å². The summed E-state index contributed by atoms with van der Waals surface area (Å²) >= 11 is 6.06. The monoisotopic (exact) mass is 446 g/mol. The zero-order valence-electron chi connectivity index (χ0n) is 18.4. The van der Waals surface area contributed by atoms with Crippen LogP contribution in [0.4, 0.5) is 15.0 Å². The minimum absolute atomic E-state index is 0.0546. The summed E-state index contributed by atoms with van der Waals surface area (Å²) in [5.74, 6) is 0.626. The van der Waals surface area contributed by atoms with E-state index in [0.29, 0.717) is 29.8 Å². The van der Waals surface area contributed by atoms with Crippen molar-refractivity contribution in [2.75, 3.05) is 18.0 Å². The summed E-state index contributed by atoms with van der Waals surface area (Å²) in [4.78, 5) is 25.9. The number of nitrogens with zero attached hydrogens (tertiary/aromatic N) is 4. The van der Waals surface area contributed by atoms with E-state index in [2.05, 4.69) is 9.88 Å². The van der Waals surface area contributed by atoms with E-state index < -0.39 is 11.4 Å². The van der Waals surface area contributed by atoms with Crippen molar-refractivity contribution in [2.45, 2.75) is 77.0 Å². The molecule has 2 aromatic rings. The van der Waals surface area contributed by atoms with Gasteiger partial charge in [0.15, 0.2) is 11.0 Å². The number of anilines is 1. The standard InChI is InChI=1S/C23H28ClFN4O2/c1-12-17(13-5-6-13)18-16(9-26-20(24)19(18)25)21(27-12)28-10-14-7-8-15(11-28)29(14)22(30)31-23(2,3)4/h9,13-15H,5-8,10-11H2,1-4H3. The molecular formula is C23H28ClFN4O2. The zero-order valence-corrected chi connectivity index (χ0v) is 19.2. The van der Waals surface area contributed by atoms with Gasteiger partial charge < -0.3 is 9.64 Å². The molecule has 8 heteroatoms. The summed E-state index contributed by atoms with van der Waals surface area (Å²) in [5.41, 5.74) is 1.30. The van der Waals surface area contributed by atoms with Crippen LogP contribution in [-0.4, -0.2) is 51.7 Å². The molecular weight excluding hydrogens is 419 g/mol. The first-order chi connectivity index (χ1) is 14.6.